The summed E-state index contributed by atoms with van der Waals surface area (Å²) in [5.74, 6) is -1.73. The molecular weight excluding hydrogens is 255 g/mol. The van der Waals surface area contributed by atoms with Crippen molar-refractivity contribution in [2.75, 3.05) is 5.32 Å². The Hall–Kier alpha value is -2.90. The average Bonchev–Trinajstić information content (AvgIpc) is 2.40. The molecule has 2 rings (SSSR count). The molecule has 0 saturated carbocycles. The van der Waals surface area contributed by atoms with Gasteiger partial charge in [-0.05, 0) is 12.1 Å². The minimum atomic E-state index is -0.862. The predicted molar refractivity (Wildman–Crippen MR) is 63.0 cm³/mol. The SMILES string of the molecule is O=C(Nc1ncccn1)c1cc([N+](=O)[O-])ccc1F. The number of carbonyl (C=O) groups excluding carboxylic acids is 1. The van der Waals surface area contributed by atoms with E-state index < -0.39 is 22.2 Å². The number of nitrogens with one attached hydrogen (secondary N) is 1. The van der Waals surface area contributed by atoms with Crippen LogP contribution in [0.3, 0.4) is 0 Å². The molecule has 19 heavy (non-hydrogen) atoms. The van der Waals surface area contributed by atoms with E-state index in [1.54, 1.807) is 6.07 Å². The van der Waals surface area contributed by atoms with Crippen molar-refractivity contribution in [3.8, 4) is 0 Å². The Bertz CT molecular complexity index is 633. The Kier molecular flexibility index (Phi) is 3.42. The fourth-order valence-electron chi connectivity index (χ4n) is 1.33. The second-order valence-corrected chi connectivity index (χ2v) is 3.45. The van der Waals surface area contributed by atoms with Crippen LogP contribution in [0.15, 0.2) is 36.7 Å². The number of anilines is 1. The van der Waals surface area contributed by atoms with Crippen molar-refractivity contribution < 1.29 is 14.1 Å². The zero-order valence-corrected chi connectivity index (χ0v) is 9.41. The van der Waals surface area contributed by atoms with Crippen LogP contribution in [0.25, 0.3) is 0 Å². The van der Waals surface area contributed by atoms with E-state index in [0.717, 1.165) is 18.2 Å². The molecule has 0 aliphatic carbocycles. The number of nitrogens with zero attached hydrogens (tertiary/aromatic N) is 3. The maximum Gasteiger partial charge on any atom is 0.270 e. The lowest BCUT2D eigenvalue weighted by Gasteiger charge is -2.04. The maximum absolute atomic E-state index is 13.5. The summed E-state index contributed by atoms with van der Waals surface area (Å²) in [7, 11) is 0. The molecule has 1 N–H and O–H groups in total. The second kappa shape index (κ2) is 5.17. The fourth-order valence-corrected chi connectivity index (χ4v) is 1.33. The molecule has 0 fully saturated rings. The quantitative estimate of drug-likeness (QED) is 0.671. The minimum absolute atomic E-state index is 0.0154. The summed E-state index contributed by atoms with van der Waals surface area (Å²) in [4.78, 5) is 29.1. The van der Waals surface area contributed by atoms with Crippen molar-refractivity contribution in [3.05, 3.63) is 58.2 Å². The highest BCUT2D eigenvalue weighted by atomic mass is 19.1. The van der Waals surface area contributed by atoms with Gasteiger partial charge in [0.2, 0.25) is 5.95 Å². The maximum atomic E-state index is 13.5. The van der Waals surface area contributed by atoms with Gasteiger partial charge in [0, 0.05) is 24.5 Å². The fraction of sp³-hybridized carbons (Fsp3) is 0. The topological polar surface area (TPSA) is 98.0 Å². The van der Waals surface area contributed by atoms with Gasteiger partial charge in [-0.15, -0.1) is 0 Å². The van der Waals surface area contributed by atoms with Crippen molar-refractivity contribution >= 4 is 17.5 Å². The first-order valence-corrected chi connectivity index (χ1v) is 5.10. The molecule has 0 aliphatic heterocycles. The Morgan fingerprint density at radius 2 is 2.00 bits per heavy atom. The standard InChI is InChI=1S/C11H7FN4O3/c12-9-3-2-7(16(18)19)6-8(9)10(17)15-11-13-4-1-5-14-11/h1-6H,(H,13,14,15,17). The van der Waals surface area contributed by atoms with Crippen LogP contribution in [-0.4, -0.2) is 20.8 Å². The molecule has 1 aromatic heterocycles. The number of hydrogen-bond donors (Lipinski definition) is 1. The zero-order valence-electron chi connectivity index (χ0n) is 9.41. The monoisotopic (exact) mass is 262 g/mol. The van der Waals surface area contributed by atoms with Gasteiger partial charge in [-0.2, -0.15) is 0 Å². The van der Waals surface area contributed by atoms with Gasteiger partial charge in [-0.3, -0.25) is 20.2 Å². The van der Waals surface area contributed by atoms with Crippen molar-refractivity contribution in [2.45, 2.75) is 0 Å². The third-order valence-corrected chi connectivity index (χ3v) is 2.20. The molecule has 0 radical (unpaired) electrons. The highest BCUT2D eigenvalue weighted by molar-refractivity contribution is 6.03. The highest BCUT2D eigenvalue weighted by Gasteiger charge is 2.17. The molecule has 0 unspecified atom stereocenters. The van der Waals surface area contributed by atoms with Crippen LogP contribution in [0.4, 0.5) is 16.0 Å². The van der Waals surface area contributed by atoms with Crippen LogP contribution in [0, 0.1) is 15.9 Å². The molecule has 0 spiro atoms. The third-order valence-electron chi connectivity index (χ3n) is 2.20. The van der Waals surface area contributed by atoms with Crippen molar-refractivity contribution in [3.63, 3.8) is 0 Å². The first-order valence-electron chi connectivity index (χ1n) is 5.10. The number of hydrogen-bond acceptors (Lipinski definition) is 5. The van der Waals surface area contributed by atoms with Crippen molar-refractivity contribution in [1.82, 2.24) is 9.97 Å². The van der Waals surface area contributed by atoms with E-state index in [9.17, 15) is 19.3 Å². The Labute approximate surface area is 106 Å². The Morgan fingerprint density at radius 1 is 1.32 bits per heavy atom. The summed E-state index contributed by atoms with van der Waals surface area (Å²) >= 11 is 0. The van der Waals surface area contributed by atoms with Crippen LogP contribution in [0.5, 0.6) is 0 Å². The second-order valence-electron chi connectivity index (χ2n) is 3.45. The lowest BCUT2D eigenvalue weighted by Crippen LogP contribution is -2.15. The van der Waals surface area contributed by atoms with Crippen molar-refractivity contribution in [1.29, 1.82) is 0 Å². The number of benzene rings is 1. The summed E-state index contributed by atoms with van der Waals surface area (Å²) in [6.45, 7) is 0. The number of non-ortho nitro benzene ring substituents is 1. The zero-order chi connectivity index (χ0) is 13.8. The van der Waals surface area contributed by atoms with E-state index in [4.69, 9.17) is 0 Å². The number of aromatic nitrogens is 2. The highest BCUT2D eigenvalue weighted by Crippen LogP contribution is 2.17. The summed E-state index contributed by atoms with van der Waals surface area (Å²) < 4.78 is 13.5. The smallest absolute Gasteiger partial charge is 0.270 e. The van der Waals surface area contributed by atoms with Gasteiger partial charge in [0.1, 0.15) is 5.82 Å². The number of amides is 1. The number of carbonyl (C=O) groups is 1. The molecule has 1 amide bonds. The predicted octanol–water partition coefficient (Wildman–Crippen LogP) is 1.78. The Balaban J connectivity index is 2.28. The molecule has 2 aromatic rings. The summed E-state index contributed by atoms with van der Waals surface area (Å²) in [6, 6.07) is 4.24. The van der Waals surface area contributed by atoms with E-state index in [1.807, 2.05) is 0 Å². The van der Waals surface area contributed by atoms with E-state index in [-0.39, 0.29) is 11.6 Å². The van der Waals surface area contributed by atoms with Crippen molar-refractivity contribution in [2.24, 2.45) is 0 Å². The van der Waals surface area contributed by atoms with E-state index in [2.05, 4.69) is 15.3 Å². The lowest BCUT2D eigenvalue weighted by atomic mass is 10.2. The first-order chi connectivity index (χ1) is 9.08. The van der Waals surface area contributed by atoms with Gasteiger partial charge in [-0.25, -0.2) is 14.4 Å². The Morgan fingerprint density at radius 3 is 2.63 bits per heavy atom. The summed E-state index contributed by atoms with van der Waals surface area (Å²) in [5.41, 5.74) is -0.817. The summed E-state index contributed by atoms with van der Waals surface area (Å²) in [5, 5.41) is 12.8. The normalized spacial score (nSPS) is 9.95. The number of halogens is 1. The van der Waals surface area contributed by atoms with Gasteiger partial charge >= 0.3 is 0 Å². The van der Waals surface area contributed by atoms with Crippen LogP contribution in [-0.2, 0) is 0 Å². The third kappa shape index (κ3) is 2.86. The molecular formula is C11H7FN4O3. The molecule has 96 valence electrons. The van der Waals surface area contributed by atoms with Gasteiger partial charge in [0.25, 0.3) is 11.6 Å². The summed E-state index contributed by atoms with van der Waals surface area (Å²) in [6.07, 6.45) is 2.79. The minimum Gasteiger partial charge on any atom is -0.290 e. The van der Waals surface area contributed by atoms with Gasteiger partial charge in [0.05, 0.1) is 10.5 Å². The van der Waals surface area contributed by atoms with Gasteiger partial charge in [-0.1, -0.05) is 0 Å². The van der Waals surface area contributed by atoms with E-state index in [0.29, 0.717) is 0 Å². The molecule has 1 aromatic carbocycles. The first kappa shape index (κ1) is 12.6. The van der Waals surface area contributed by atoms with Crippen LogP contribution >= 0.6 is 0 Å². The van der Waals surface area contributed by atoms with E-state index in [1.165, 1.54) is 12.4 Å². The average molecular weight is 262 g/mol. The molecule has 0 atom stereocenters. The van der Waals surface area contributed by atoms with E-state index >= 15 is 0 Å². The van der Waals surface area contributed by atoms with Crippen LogP contribution < -0.4 is 5.32 Å². The number of nitro benzene ring substituents is 1. The largest absolute Gasteiger partial charge is 0.290 e. The van der Waals surface area contributed by atoms with Crippen LogP contribution in [0.2, 0.25) is 0 Å². The van der Waals surface area contributed by atoms with Gasteiger partial charge in [0.15, 0.2) is 0 Å². The lowest BCUT2D eigenvalue weighted by molar-refractivity contribution is -0.384. The van der Waals surface area contributed by atoms with Crippen LogP contribution in [0.1, 0.15) is 10.4 Å². The molecule has 8 heteroatoms. The molecule has 7 nitrogen and oxygen atoms in total. The molecule has 0 bridgehead atoms. The molecule has 0 saturated heterocycles. The molecule has 0 aliphatic rings. The number of rotatable bonds is 3. The van der Waals surface area contributed by atoms with Gasteiger partial charge < -0.3 is 0 Å². The number of nitro groups is 1. The molecule has 1 heterocycles.